The smallest absolute Gasteiger partial charge is 0.216 e. The molecule has 11 heteroatoms. The van der Waals surface area contributed by atoms with Crippen LogP contribution >= 0.6 is 0 Å². The molecular formula is C9H11F3N2O4S2. The summed E-state index contributed by atoms with van der Waals surface area (Å²) in [5.74, 6) is 0. The van der Waals surface area contributed by atoms with E-state index in [9.17, 15) is 30.0 Å². The average molecular weight is 332 g/mol. The summed E-state index contributed by atoms with van der Waals surface area (Å²) in [5, 5.41) is 0. The average Bonchev–Trinajstić information content (AvgIpc) is 2.34. The monoisotopic (exact) mass is 332 g/mol. The molecule has 2 N–H and O–H groups in total. The molecule has 0 unspecified atom stereocenters. The first-order valence-electron chi connectivity index (χ1n) is 5.15. The third-order valence-electron chi connectivity index (χ3n) is 2.23. The van der Waals surface area contributed by atoms with Gasteiger partial charge < -0.3 is 0 Å². The number of sulfonamides is 1. The molecule has 0 fully saturated rings. The van der Waals surface area contributed by atoms with Gasteiger partial charge in [-0.1, -0.05) is 30.3 Å². The van der Waals surface area contributed by atoms with E-state index in [1.165, 1.54) is 29.0 Å². The number of halogens is 3. The Labute approximate surface area is 115 Å². The van der Waals surface area contributed by atoms with E-state index in [4.69, 9.17) is 0 Å². The van der Waals surface area contributed by atoms with Gasteiger partial charge in [0.2, 0.25) is 10.9 Å². The normalized spacial score (nSPS) is 14.4. The molecule has 0 aromatic heterocycles. The lowest BCUT2D eigenvalue weighted by Crippen LogP contribution is -2.42. The Morgan fingerprint density at radius 1 is 1.15 bits per heavy atom. The molecule has 0 radical (unpaired) electrons. The molecule has 114 valence electrons. The van der Waals surface area contributed by atoms with Gasteiger partial charge in [-0.25, -0.2) is 21.6 Å². The molecule has 0 aliphatic heterocycles. The molecule has 0 aliphatic rings. The number of thiol groups is 1. The van der Waals surface area contributed by atoms with Crippen LogP contribution in [0.15, 0.2) is 30.3 Å². The second-order valence-electron chi connectivity index (χ2n) is 3.65. The molecule has 0 bridgehead atoms. The molecule has 0 spiro atoms. The van der Waals surface area contributed by atoms with Gasteiger partial charge in [0.15, 0.2) is 0 Å². The molecule has 1 aromatic carbocycles. The van der Waals surface area contributed by atoms with Gasteiger partial charge in [-0.3, -0.25) is 0 Å². The Hall–Kier alpha value is -1.17. The quantitative estimate of drug-likeness (QED) is 0.653. The Balaban J connectivity index is 3.01. The maximum atomic E-state index is 12.3. The summed E-state index contributed by atoms with van der Waals surface area (Å²) in [6.07, 6.45) is 0. The van der Waals surface area contributed by atoms with Gasteiger partial charge in [0.05, 0.1) is 6.04 Å². The molecule has 20 heavy (non-hydrogen) atoms. The van der Waals surface area contributed by atoms with E-state index >= 15 is 0 Å². The van der Waals surface area contributed by atoms with Crippen LogP contribution in [0.3, 0.4) is 0 Å². The molecule has 1 atom stereocenters. The minimum absolute atomic E-state index is 0.199. The van der Waals surface area contributed by atoms with Crippen LogP contribution in [0.2, 0.25) is 0 Å². The number of rotatable bonds is 6. The van der Waals surface area contributed by atoms with Gasteiger partial charge in [-0.05, 0) is 5.56 Å². The molecule has 0 heterocycles. The van der Waals surface area contributed by atoms with Crippen LogP contribution < -0.4 is 9.44 Å². The molecule has 1 aromatic rings. The summed E-state index contributed by atoms with van der Waals surface area (Å²) in [5.41, 5.74) is -5.27. The summed E-state index contributed by atoms with van der Waals surface area (Å²) >= 11 is 0. The molecule has 0 saturated heterocycles. The maximum Gasteiger partial charge on any atom is 0.511 e. The summed E-state index contributed by atoms with van der Waals surface area (Å²) in [6.45, 7) is -0.530. The Morgan fingerprint density at radius 2 is 1.70 bits per heavy atom. The fourth-order valence-corrected chi connectivity index (χ4v) is 2.39. The Bertz CT molecular complexity index is 606. The maximum absolute atomic E-state index is 12.3. The van der Waals surface area contributed by atoms with Gasteiger partial charge in [0, 0.05) is 6.54 Å². The Morgan fingerprint density at radius 3 is 2.15 bits per heavy atom. The molecule has 0 amide bonds. The fraction of sp³-hybridized carbons (Fsp3) is 0.333. The predicted octanol–water partition coefficient (Wildman–Crippen LogP) is 0.283. The van der Waals surface area contributed by atoms with Gasteiger partial charge in [0.1, 0.15) is 0 Å². The van der Waals surface area contributed by atoms with Gasteiger partial charge in [-0.2, -0.15) is 17.9 Å². The van der Waals surface area contributed by atoms with Crippen molar-refractivity contribution in [2.24, 2.45) is 0 Å². The third-order valence-corrected chi connectivity index (χ3v) is 3.87. The number of benzene rings is 1. The first-order valence-corrected chi connectivity index (χ1v) is 7.81. The molecule has 0 saturated carbocycles. The number of alkyl halides is 3. The van der Waals surface area contributed by atoms with Crippen LogP contribution in [-0.4, -0.2) is 28.9 Å². The van der Waals surface area contributed by atoms with Crippen molar-refractivity contribution in [3.05, 3.63) is 35.9 Å². The lowest BCUT2D eigenvalue weighted by Gasteiger charge is -2.19. The van der Waals surface area contributed by atoms with Crippen molar-refractivity contribution in [2.75, 3.05) is 6.54 Å². The highest BCUT2D eigenvalue weighted by Crippen LogP contribution is 2.24. The van der Waals surface area contributed by atoms with E-state index in [2.05, 4.69) is 0 Å². The zero-order chi connectivity index (χ0) is 15.4. The largest absolute Gasteiger partial charge is 0.511 e. The van der Waals surface area contributed by atoms with Crippen molar-refractivity contribution in [3.63, 3.8) is 0 Å². The van der Waals surface area contributed by atoms with E-state index in [1.54, 1.807) is 6.07 Å². The van der Waals surface area contributed by atoms with Crippen molar-refractivity contribution >= 4 is 20.9 Å². The lowest BCUT2D eigenvalue weighted by molar-refractivity contribution is -0.0450. The van der Waals surface area contributed by atoms with E-state index in [0.29, 0.717) is 0 Å². The summed E-state index contributed by atoms with van der Waals surface area (Å²) < 4.78 is 83.2. The van der Waals surface area contributed by atoms with Crippen molar-refractivity contribution in [2.45, 2.75) is 11.6 Å². The first-order chi connectivity index (χ1) is 9.13. The molecule has 1 rings (SSSR count). The first kappa shape index (κ1) is 16.9. The van der Waals surface area contributed by atoms with E-state index < -0.39 is 39.0 Å². The van der Waals surface area contributed by atoms with Gasteiger partial charge >= 0.3 is 15.5 Å². The van der Waals surface area contributed by atoms with Crippen molar-refractivity contribution in [3.8, 4) is 0 Å². The minimum Gasteiger partial charge on any atom is -0.216 e. The number of hydrogen-bond acceptors (Lipinski definition) is 4. The highest BCUT2D eigenvalue weighted by atomic mass is 32.2. The fourth-order valence-electron chi connectivity index (χ4n) is 1.33. The summed E-state index contributed by atoms with van der Waals surface area (Å²) in [6, 6.07) is 5.95. The van der Waals surface area contributed by atoms with Crippen LogP contribution in [0, 0.1) is 0 Å². The minimum atomic E-state index is -5.58. The third kappa shape index (κ3) is 4.74. The lowest BCUT2D eigenvalue weighted by atomic mass is 10.1. The second kappa shape index (κ2) is 6.52. The number of hydrogen-bond donors (Lipinski definition) is 3. The van der Waals surface area contributed by atoms with Gasteiger partial charge in [0.25, 0.3) is 0 Å². The van der Waals surface area contributed by atoms with Crippen LogP contribution in [-0.2, 0) is 20.9 Å². The van der Waals surface area contributed by atoms with Crippen molar-refractivity contribution in [1.29, 1.82) is 0 Å². The van der Waals surface area contributed by atoms with Crippen molar-refractivity contribution in [1.82, 2.24) is 9.44 Å². The van der Waals surface area contributed by atoms with Crippen LogP contribution in [0.25, 0.3) is 0 Å². The topological polar surface area (TPSA) is 92.3 Å². The van der Waals surface area contributed by atoms with E-state index in [-0.39, 0.29) is 5.56 Å². The second-order valence-corrected chi connectivity index (χ2v) is 6.19. The van der Waals surface area contributed by atoms with E-state index in [1.807, 2.05) is 4.72 Å². The predicted molar refractivity (Wildman–Crippen MR) is 65.6 cm³/mol. The zero-order valence-electron chi connectivity index (χ0n) is 9.79. The molecule has 0 aliphatic carbocycles. The highest BCUT2D eigenvalue weighted by molar-refractivity contribution is 7.90. The summed E-state index contributed by atoms with van der Waals surface area (Å²) in [4.78, 5) is 0. The number of nitrogens with one attached hydrogen (secondary N) is 2. The van der Waals surface area contributed by atoms with Gasteiger partial charge in [-0.15, -0.1) is 0 Å². The molecule has 6 nitrogen and oxygen atoms in total. The Kier molecular flexibility index (Phi) is 5.50. The SMILES string of the molecule is O=[SH](=O)NC[C@H](NS(=O)(=O)C(F)(F)F)c1ccccc1. The van der Waals surface area contributed by atoms with Crippen LogP contribution in [0.5, 0.6) is 0 Å². The standard InChI is InChI=1S/C9H11F3N2O4S2/c10-9(11,12)20(17,18)14-8(6-13-19(15)16)7-4-2-1-3-5-7/h1-5,8,14,19H,6H2,(H,13,15,16)/t8-/m0/s1. The molecular weight excluding hydrogens is 321 g/mol. The summed E-state index contributed by atoms with van der Waals surface area (Å²) in [7, 11) is -8.64. The van der Waals surface area contributed by atoms with Crippen molar-refractivity contribution < 1.29 is 30.0 Å². The zero-order valence-corrected chi connectivity index (χ0v) is 11.5. The highest BCUT2D eigenvalue weighted by Gasteiger charge is 2.46. The van der Waals surface area contributed by atoms with E-state index in [0.717, 1.165) is 0 Å². The van der Waals surface area contributed by atoms with Crippen LogP contribution in [0.1, 0.15) is 11.6 Å². The van der Waals surface area contributed by atoms with Crippen LogP contribution in [0.4, 0.5) is 13.2 Å².